The van der Waals surface area contributed by atoms with Crippen molar-refractivity contribution in [2.24, 2.45) is 0 Å². The van der Waals surface area contributed by atoms with Crippen LogP contribution < -0.4 is 5.32 Å². The van der Waals surface area contributed by atoms with Crippen molar-refractivity contribution >= 4 is 11.9 Å². The maximum Gasteiger partial charge on any atom is 0.325 e. The summed E-state index contributed by atoms with van der Waals surface area (Å²) < 4.78 is 6.10. The van der Waals surface area contributed by atoms with Gasteiger partial charge in [0.25, 0.3) is 0 Å². The van der Waals surface area contributed by atoms with E-state index in [9.17, 15) is 9.59 Å². The lowest BCUT2D eigenvalue weighted by Crippen LogP contribution is -2.27. The van der Waals surface area contributed by atoms with E-state index in [1.807, 2.05) is 0 Å². The fourth-order valence-electron chi connectivity index (χ4n) is 1.07. The highest BCUT2D eigenvalue weighted by Gasteiger charge is 2.06. The first kappa shape index (κ1) is 13.1. The largest absolute Gasteiger partial charge is 0.480 e. The van der Waals surface area contributed by atoms with Crippen molar-refractivity contribution in [1.29, 1.82) is 0 Å². The fraction of sp³-hybridized carbons (Fsp3) is 0.556. The van der Waals surface area contributed by atoms with Crippen LogP contribution in [0.3, 0.4) is 0 Å². The fourth-order valence-corrected chi connectivity index (χ4v) is 1.07. The number of carbonyl (C=O) groups is 2. The van der Waals surface area contributed by atoms with Crippen LogP contribution in [0.1, 0.15) is 12.6 Å². The molecule has 0 saturated heterocycles. The number of carboxylic acids is 1. The number of rotatable bonds is 7. The normalized spacial score (nSPS) is 10.2. The summed E-state index contributed by atoms with van der Waals surface area (Å²) in [6, 6.07) is 0. The zero-order valence-corrected chi connectivity index (χ0v) is 9.42. The first-order chi connectivity index (χ1) is 8.11. The summed E-state index contributed by atoms with van der Waals surface area (Å²) in [5.74, 6) is -1.25. The van der Waals surface area contributed by atoms with Gasteiger partial charge in [0.2, 0.25) is 5.91 Å². The monoisotopic (exact) mass is 242 g/mol. The van der Waals surface area contributed by atoms with Crippen molar-refractivity contribution in [2.45, 2.75) is 20.0 Å². The van der Waals surface area contributed by atoms with Gasteiger partial charge in [-0.25, -0.2) is 4.68 Å². The summed E-state index contributed by atoms with van der Waals surface area (Å²) in [6.07, 6.45) is 1.47. The highest BCUT2D eigenvalue weighted by atomic mass is 16.5. The summed E-state index contributed by atoms with van der Waals surface area (Å²) in [5, 5.41) is 18.4. The van der Waals surface area contributed by atoms with Crippen molar-refractivity contribution in [3.8, 4) is 0 Å². The zero-order chi connectivity index (χ0) is 12.7. The van der Waals surface area contributed by atoms with Gasteiger partial charge in [-0.3, -0.25) is 9.59 Å². The highest BCUT2D eigenvalue weighted by molar-refractivity contribution is 5.77. The van der Waals surface area contributed by atoms with Crippen LogP contribution >= 0.6 is 0 Å². The number of carbonyl (C=O) groups excluding carboxylic acids is 1. The van der Waals surface area contributed by atoms with Crippen molar-refractivity contribution in [3.05, 3.63) is 11.9 Å². The maximum atomic E-state index is 11.2. The van der Waals surface area contributed by atoms with Gasteiger partial charge >= 0.3 is 5.97 Å². The van der Waals surface area contributed by atoms with E-state index in [-0.39, 0.29) is 25.6 Å². The molecule has 1 amide bonds. The molecule has 0 aliphatic carbocycles. The summed E-state index contributed by atoms with van der Waals surface area (Å²) >= 11 is 0. The Morgan fingerprint density at radius 2 is 2.35 bits per heavy atom. The molecule has 0 radical (unpaired) electrons. The minimum absolute atomic E-state index is 0.000235. The predicted molar refractivity (Wildman–Crippen MR) is 56.0 cm³/mol. The number of hydrogen-bond acceptors (Lipinski definition) is 5. The van der Waals surface area contributed by atoms with Crippen LogP contribution in [0.15, 0.2) is 6.20 Å². The molecule has 0 aliphatic heterocycles. The molecule has 0 spiro atoms. The molecule has 1 aromatic heterocycles. The Morgan fingerprint density at radius 3 is 3.00 bits per heavy atom. The third-order valence-electron chi connectivity index (χ3n) is 1.79. The van der Waals surface area contributed by atoms with Crippen LogP contribution in [-0.4, -0.2) is 45.2 Å². The molecule has 0 fully saturated rings. The molecule has 1 aromatic rings. The van der Waals surface area contributed by atoms with E-state index in [1.165, 1.54) is 10.9 Å². The SMILES string of the molecule is CCOCC(=O)NCc1cn(CC(=O)O)nn1. The van der Waals surface area contributed by atoms with Crippen molar-refractivity contribution < 1.29 is 19.4 Å². The summed E-state index contributed by atoms with van der Waals surface area (Å²) in [7, 11) is 0. The van der Waals surface area contributed by atoms with Crippen molar-refractivity contribution in [3.63, 3.8) is 0 Å². The molecule has 0 unspecified atom stereocenters. The quantitative estimate of drug-likeness (QED) is 0.636. The van der Waals surface area contributed by atoms with Gasteiger partial charge in [0.1, 0.15) is 18.8 Å². The van der Waals surface area contributed by atoms with E-state index in [0.717, 1.165) is 0 Å². The number of hydrogen-bond donors (Lipinski definition) is 2. The Kier molecular flexibility index (Phi) is 5.08. The van der Waals surface area contributed by atoms with E-state index in [1.54, 1.807) is 6.92 Å². The van der Waals surface area contributed by atoms with Crippen molar-refractivity contribution in [2.75, 3.05) is 13.2 Å². The molecule has 0 saturated carbocycles. The Balaban J connectivity index is 2.34. The van der Waals surface area contributed by atoms with E-state index in [4.69, 9.17) is 9.84 Å². The third-order valence-corrected chi connectivity index (χ3v) is 1.79. The van der Waals surface area contributed by atoms with Crippen LogP contribution in [0.2, 0.25) is 0 Å². The first-order valence-corrected chi connectivity index (χ1v) is 5.07. The highest BCUT2D eigenvalue weighted by Crippen LogP contribution is 1.92. The molecule has 94 valence electrons. The summed E-state index contributed by atoms with van der Waals surface area (Å²) in [6.45, 7) is 2.22. The number of aliphatic carboxylic acids is 1. The second-order valence-electron chi connectivity index (χ2n) is 3.22. The van der Waals surface area contributed by atoms with Gasteiger partial charge in [-0.1, -0.05) is 5.21 Å². The van der Waals surface area contributed by atoms with Gasteiger partial charge in [-0.2, -0.15) is 0 Å². The van der Waals surface area contributed by atoms with Gasteiger partial charge in [-0.05, 0) is 6.92 Å². The predicted octanol–water partition coefficient (Wildman–Crippen LogP) is -0.985. The lowest BCUT2D eigenvalue weighted by atomic mass is 10.4. The van der Waals surface area contributed by atoms with Gasteiger partial charge in [-0.15, -0.1) is 5.10 Å². The molecule has 1 rings (SSSR count). The van der Waals surface area contributed by atoms with E-state index in [0.29, 0.717) is 12.3 Å². The van der Waals surface area contributed by atoms with E-state index >= 15 is 0 Å². The lowest BCUT2D eigenvalue weighted by Gasteiger charge is -2.02. The second kappa shape index (κ2) is 6.59. The smallest absolute Gasteiger partial charge is 0.325 e. The van der Waals surface area contributed by atoms with Crippen molar-refractivity contribution in [1.82, 2.24) is 20.3 Å². The molecule has 17 heavy (non-hydrogen) atoms. The van der Waals surface area contributed by atoms with Crippen LogP contribution in [0.25, 0.3) is 0 Å². The second-order valence-corrected chi connectivity index (χ2v) is 3.22. The molecule has 0 aliphatic rings. The van der Waals surface area contributed by atoms with E-state index in [2.05, 4.69) is 15.6 Å². The molecule has 0 atom stereocenters. The van der Waals surface area contributed by atoms with Gasteiger partial charge < -0.3 is 15.2 Å². The van der Waals surface area contributed by atoms with Crippen LogP contribution in [0, 0.1) is 0 Å². The standard InChI is InChI=1S/C9H14N4O4/c1-2-17-6-8(14)10-3-7-4-13(12-11-7)5-9(15)16/h4H,2-3,5-6H2,1H3,(H,10,14)(H,15,16). The summed E-state index contributed by atoms with van der Waals surface area (Å²) in [4.78, 5) is 21.6. The minimum atomic E-state index is -0.998. The minimum Gasteiger partial charge on any atom is -0.480 e. The van der Waals surface area contributed by atoms with Gasteiger partial charge in [0.15, 0.2) is 0 Å². The molecular formula is C9H14N4O4. The Hall–Kier alpha value is -1.96. The average molecular weight is 242 g/mol. The third kappa shape index (κ3) is 5.07. The molecule has 1 heterocycles. The van der Waals surface area contributed by atoms with Crippen LogP contribution in [0.5, 0.6) is 0 Å². The maximum absolute atomic E-state index is 11.2. The Labute approximate surface area is 97.6 Å². The van der Waals surface area contributed by atoms with Crippen LogP contribution in [-0.2, 0) is 27.4 Å². The number of nitrogens with one attached hydrogen (secondary N) is 1. The molecule has 2 N–H and O–H groups in total. The van der Waals surface area contributed by atoms with Crippen LogP contribution in [0.4, 0.5) is 0 Å². The number of aromatic nitrogens is 3. The number of nitrogens with zero attached hydrogens (tertiary/aromatic N) is 3. The van der Waals surface area contributed by atoms with Gasteiger partial charge in [0, 0.05) is 6.61 Å². The average Bonchev–Trinajstić information content (AvgIpc) is 2.70. The molecule has 8 heteroatoms. The van der Waals surface area contributed by atoms with E-state index < -0.39 is 5.97 Å². The Morgan fingerprint density at radius 1 is 1.59 bits per heavy atom. The zero-order valence-electron chi connectivity index (χ0n) is 9.42. The molecular weight excluding hydrogens is 228 g/mol. The first-order valence-electron chi connectivity index (χ1n) is 5.07. The number of carboxylic acid groups (broad SMARTS) is 1. The number of amides is 1. The molecule has 8 nitrogen and oxygen atoms in total. The van der Waals surface area contributed by atoms with Gasteiger partial charge in [0.05, 0.1) is 12.7 Å². The summed E-state index contributed by atoms with van der Waals surface area (Å²) in [5.41, 5.74) is 0.496. The topological polar surface area (TPSA) is 106 Å². The molecule has 0 bridgehead atoms. The molecule has 0 aromatic carbocycles. The Bertz CT molecular complexity index is 390. The number of ether oxygens (including phenoxy) is 1. The lowest BCUT2D eigenvalue weighted by molar-refractivity contribution is -0.138.